The lowest BCUT2D eigenvalue weighted by atomic mass is 9.97. The van der Waals surface area contributed by atoms with Gasteiger partial charge in [-0.3, -0.25) is 9.89 Å². The fourth-order valence-electron chi connectivity index (χ4n) is 3.46. The Morgan fingerprint density at radius 3 is 2.76 bits per heavy atom. The molecule has 7 heteroatoms. The number of allylic oxidation sites excluding steroid dienone is 1. The van der Waals surface area contributed by atoms with Gasteiger partial charge >= 0.3 is 0 Å². The third-order valence-corrected chi connectivity index (χ3v) is 4.87. The van der Waals surface area contributed by atoms with Gasteiger partial charge in [-0.15, -0.1) is 24.0 Å². The summed E-state index contributed by atoms with van der Waals surface area (Å²) in [7, 11) is 1.88. The smallest absolute Gasteiger partial charge is 0.193 e. The fourth-order valence-corrected chi connectivity index (χ4v) is 3.46. The maximum Gasteiger partial charge on any atom is 0.193 e. The molecule has 3 rings (SSSR count). The zero-order valence-corrected chi connectivity index (χ0v) is 17.4. The summed E-state index contributed by atoms with van der Waals surface area (Å²) in [5.74, 6) is 1.03. The Balaban J connectivity index is 0.00000225. The van der Waals surface area contributed by atoms with E-state index >= 15 is 0 Å². The molecule has 1 fully saturated rings. The van der Waals surface area contributed by atoms with Crippen LogP contribution in [0.5, 0.6) is 0 Å². The Labute approximate surface area is 167 Å². The van der Waals surface area contributed by atoms with E-state index in [1.54, 1.807) is 11.8 Å². The highest BCUT2D eigenvalue weighted by Gasteiger charge is 2.20. The zero-order chi connectivity index (χ0) is 16.6. The van der Waals surface area contributed by atoms with Crippen LogP contribution in [0.4, 0.5) is 0 Å². The standard InChI is InChI=1S/C18H29N5O.HI/c1-19-18(20-9-7-16-5-3-2-4-6-16)23-12-10-22(11-13-23)15-17-8-14-24-21-17;/h5,8,14H,2-4,6-7,9-13,15H2,1H3,(H,19,20);1H. The van der Waals surface area contributed by atoms with Gasteiger partial charge in [-0.2, -0.15) is 0 Å². The molecule has 0 spiro atoms. The molecule has 1 aromatic rings. The van der Waals surface area contributed by atoms with E-state index in [9.17, 15) is 0 Å². The van der Waals surface area contributed by atoms with E-state index in [1.807, 2.05) is 13.1 Å². The highest BCUT2D eigenvalue weighted by Crippen LogP contribution is 2.19. The molecule has 0 atom stereocenters. The fraction of sp³-hybridized carbons (Fsp3) is 0.667. The van der Waals surface area contributed by atoms with Crippen molar-refractivity contribution in [1.82, 2.24) is 20.3 Å². The highest BCUT2D eigenvalue weighted by atomic mass is 127. The molecule has 140 valence electrons. The summed E-state index contributed by atoms with van der Waals surface area (Å²) in [6.45, 7) is 5.90. The predicted octanol–water partition coefficient (Wildman–Crippen LogP) is 2.88. The van der Waals surface area contributed by atoms with Crippen LogP contribution in [0.2, 0.25) is 0 Å². The Morgan fingerprint density at radius 2 is 2.12 bits per heavy atom. The van der Waals surface area contributed by atoms with Gasteiger partial charge < -0.3 is 14.7 Å². The molecule has 0 bridgehead atoms. The van der Waals surface area contributed by atoms with Crippen molar-refractivity contribution in [2.24, 2.45) is 4.99 Å². The molecule has 1 N–H and O–H groups in total. The van der Waals surface area contributed by atoms with E-state index < -0.39 is 0 Å². The molecular formula is C18H30IN5O. The van der Waals surface area contributed by atoms with E-state index in [0.717, 1.165) is 57.3 Å². The molecule has 25 heavy (non-hydrogen) atoms. The van der Waals surface area contributed by atoms with Crippen molar-refractivity contribution in [2.75, 3.05) is 39.8 Å². The Hall–Kier alpha value is -1.09. The second-order valence-corrected chi connectivity index (χ2v) is 6.59. The van der Waals surface area contributed by atoms with Crippen LogP contribution >= 0.6 is 24.0 Å². The topological polar surface area (TPSA) is 56.9 Å². The van der Waals surface area contributed by atoms with E-state index in [0.29, 0.717) is 0 Å². The van der Waals surface area contributed by atoms with Gasteiger partial charge in [0.15, 0.2) is 5.96 Å². The number of piperazine rings is 1. The van der Waals surface area contributed by atoms with Crippen LogP contribution in [0, 0.1) is 0 Å². The predicted molar refractivity (Wildman–Crippen MR) is 111 cm³/mol. The largest absolute Gasteiger partial charge is 0.364 e. The average Bonchev–Trinajstić information content (AvgIpc) is 3.14. The van der Waals surface area contributed by atoms with Crippen LogP contribution in [0.1, 0.15) is 37.8 Å². The molecule has 0 radical (unpaired) electrons. The number of halogens is 1. The van der Waals surface area contributed by atoms with Crippen LogP contribution in [0.3, 0.4) is 0 Å². The van der Waals surface area contributed by atoms with Gasteiger partial charge in [0.1, 0.15) is 6.26 Å². The molecule has 0 amide bonds. The number of guanidine groups is 1. The monoisotopic (exact) mass is 459 g/mol. The van der Waals surface area contributed by atoms with Crippen molar-refractivity contribution in [3.8, 4) is 0 Å². The lowest BCUT2D eigenvalue weighted by molar-refractivity contribution is 0.169. The number of aliphatic imine (C=N–C) groups is 1. The Kier molecular flexibility index (Phi) is 8.74. The lowest BCUT2D eigenvalue weighted by Gasteiger charge is -2.36. The van der Waals surface area contributed by atoms with Gasteiger partial charge in [0.25, 0.3) is 0 Å². The summed E-state index contributed by atoms with van der Waals surface area (Å²) in [5, 5.41) is 7.53. The first kappa shape index (κ1) is 20.2. The van der Waals surface area contributed by atoms with Crippen molar-refractivity contribution in [3.63, 3.8) is 0 Å². The van der Waals surface area contributed by atoms with Crippen molar-refractivity contribution in [3.05, 3.63) is 29.7 Å². The van der Waals surface area contributed by atoms with Crippen molar-refractivity contribution in [1.29, 1.82) is 0 Å². The molecule has 1 aliphatic carbocycles. The van der Waals surface area contributed by atoms with Crippen molar-refractivity contribution in [2.45, 2.75) is 38.6 Å². The number of hydrogen-bond acceptors (Lipinski definition) is 4. The lowest BCUT2D eigenvalue weighted by Crippen LogP contribution is -2.52. The second-order valence-electron chi connectivity index (χ2n) is 6.59. The summed E-state index contributed by atoms with van der Waals surface area (Å²) >= 11 is 0. The molecule has 1 aromatic heterocycles. The number of hydrogen-bond donors (Lipinski definition) is 1. The summed E-state index contributed by atoms with van der Waals surface area (Å²) in [6.07, 6.45) is 10.5. The maximum absolute atomic E-state index is 4.91. The summed E-state index contributed by atoms with van der Waals surface area (Å²) in [6, 6.07) is 1.94. The summed E-state index contributed by atoms with van der Waals surface area (Å²) in [4.78, 5) is 9.23. The van der Waals surface area contributed by atoms with Gasteiger partial charge in [0, 0.05) is 52.4 Å². The maximum atomic E-state index is 4.91. The Morgan fingerprint density at radius 1 is 1.28 bits per heavy atom. The number of nitrogens with one attached hydrogen (secondary N) is 1. The second kappa shape index (κ2) is 10.8. The van der Waals surface area contributed by atoms with Crippen LogP contribution in [-0.2, 0) is 6.54 Å². The SMILES string of the molecule is CN=C(NCCC1=CCCCC1)N1CCN(Cc2ccon2)CC1.I. The number of rotatable bonds is 5. The number of nitrogens with zero attached hydrogens (tertiary/aromatic N) is 4. The number of aromatic nitrogens is 1. The first-order valence-corrected chi connectivity index (χ1v) is 9.10. The van der Waals surface area contributed by atoms with E-state index in [4.69, 9.17) is 4.52 Å². The van der Waals surface area contributed by atoms with Gasteiger partial charge in [0.05, 0.1) is 5.69 Å². The molecule has 6 nitrogen and oxygen atoms in total. The molecular weight excluding hydrogens is 429 g/mol. The van der Waals surface area contributed by atoms with E-state index in [1.165, 1.54) is 25.7 Å². The molecule has 1 saturated heterocycles. The Bertz CT molecular complexity index is 550. The third kappa shape index (κ3) is 6.29. The quantitative estimate of drug-likeness (QED) is 0.318. The highest BCUT2D eigenvalue weighted by molar-refractivity contribution is 14.0. The molecule has 2 heterocycles. The van der Waals surface area contributed by atoms with Crippen molar-refractivity contribution < 1.29 is 4.52 Å². The summed E-state index contributed by atoms with van der Waals surface area (Å²) < 4.78 is 4.91. The molecule has 2 aliphatic rings. The average molecular weight is 459 g/mol. The van der Waals surface area contributed by atoms with Crippen LogP contribution in [-0.4, -0.2) is 60.7 Å². The van der Waals surface area contributed by atoms with E-state index in [2.05, 4.69) is 31.3 Å². The normalized spacial score (nSPS) is 19.3. The van der Waals surface area contributed by atoms with Gasteiger partial charge in [-0.1, -0.05) is 16.8 Å². The van der Waals surface area contributed by atoms with Crippen LogP contribution in [0.15, 0.2) is 33.5 Å². The van der Waals surface area contributed by atoms with Crippen LogP contribution < -0.4 is 5.32 Å². The van der Waals surface area contributed by atoms with Crippen LogP contribution in [0.25, 0.3) is 0 Å². The first-order valence-electron chi connectivity index (χ1n) is 9.10. The summed E-state index contributed by atoms with van der Waals surface area (Å²) in [5.41, 5.74) is 2.62. The minimum absolute atomic E-state index is 0. The van der Waals surface area contributed by atoms with Gasteiger partial charge in [-0.25, -0.2) is 0 Å². The minimum atomic E-state index is 0. The molecule has 0 aromatic carbocycles. The molecule has 0 saturated carbocycles. The molecule has 0 unspecified atom stereocenters. The third-order valence-electron chi connectivity index (χ3n) is 4.87. The first-order chi connectivity index (χ1) is 11.8. The van der Waals surface area contributed by atoms with Crippen molar-refractivity contribution >= 4 is 29.9 Å². The zero-order valence-electron chi connectivity index (χ0n) is 15.1. The van der Waals surface area contributed by atoms with Gasteiger partial charge in [-0.05, 0) is 32.1 Å². The van der Waals surface area contributed by atoms with E-state index in [-0.39, 0.29) is 24.0 Å². The molecule has 1 aliphatic heterocycles. The van der Waals surface area contributed by atoms with Gasteiger partial charge in [0.2, 0.25) is 0 Å². The minimum Gasteiger partial charge on any atom is -0.364 e.